The van der Waals surface area contributed by atoms with Crippen LogP contribution in [0.4, 0.5) is 5.69 Å². The summed E-state index contributed by atoms with van der Waals surface area (Å²) < 4.78 is 32.0. The largest absolute Gasteiger partial charge is 0.398 e. The van der Waals surface area contributed by atoms with E-state index in [9.17, 15) is 8.42 Å². The van der Waals surface area contributed by atoms with Crippen molar-refractivity contribution in [1.29, 1.82) is 0 Å². The van der Waals surface area contributed by atoms with E-state index < -0.39 is 15.6 Å². The molecule has 5 nitrogen and oxygen atoms in total. The third kappa shape index (κ3) is 3.02. The summed E-state index contributed by atoms with van der Waals surface area (Å²) in [5, 5.41) is 0.416. The Kier molecular flexibility index (Phi) is 3.79. The van der Waals surface area contributed by atoms with Crippen LogP contribution in [0.3, 0.4) is 0 Å². The van der Waals surface area contributed by atoms with Gasteiger partial charge in [-0.1, -0.05) is 11.6 Å². The third-order valence-electron chi connectivity index (χ3n) is 2.98. The first kappa shape index (κ1) is 14.6. The molecule has 1 saturated heterocycles. The summed E-state index contributed by atoms with van der Waals surface area (Å²) in [6.45, 7) is 4.73. The lowest BCUT2D eigenvalue weighted by atomic mass is 10.1. The Morgan fingerprint density at radius 1 is 1.42 bits per heavy atom. The summed E-state index contributed by atoms with van der Waals surface area (Å²) in [4.78, 5) is 0.0922. The predicted molar refractivity (Wildman–Crippen MR) is 74.7 cm³/mol. The highest BCUT2D eigenvalue weighted by atomic mass is 35.5. The molecule has 19 heavy (non-hydrogen) atoms. The lowest BCUT2D eigenvalue weighted by Crippen LogP contribution is -2.50. The lowest BCUT2D eigenvalue weighted by molar-refractivity contribution is -0.0640. The molecule has 2 rings (SSSR count). The first-order chi connectivity index (χ1) is 8.72. The number of halogens is 1. The molecule has 0 saturated carbocycles. The van der Waals surface area contributed by atoms with E-state index in [2.05, 4.69) is 0 Å². The van der Waals surface area contributed by atoms with Crippen LogP contribution in [-0.2, 0) is 14.8 Å². The van der Waals surface area contributed by atoms with Crippen LogP contribution in [-0.4, -0.2) is 38.0 Å². The number of anilines is 1. The fraction of sp³-hybridized carbons (Fsp3) is 0.500. The number of nitrogens with two attached hydrogens (primary N) is 1. The molecule has 0 bridgehead atoms. The van der Waals surface area contributed by atoms with E-state index in [0.29, 0.717) is 24.7 Å². The number of rotatable bonds is 2. The summed E-state index contributed by atoms with van der Waals surface area (Å²) in [5.74, 6) is 0. The first-order valence-corrected chi connectivity index (χ1v) is 7.73. The smallest absolute Gasteiger partial charge is 0.245 e. The van der Waals surface area contributed by atoms with Crippen LogP contribution in [0.15, 0.2) is 23.1 Å². The number of sulfonamides is 1. The van der Waals surface area contributed by atoms with Crippen molar-refractivity contribution in [1.82, 2.24) is 4.31 Å². The van der Waals surface area contributed by atoms with Gasteiger partial charge in [-0.2, -0.15) is 4.31 Å². The molecule has 0 aromatic heterocycles. The molecule has 106 valence electrons. The molecule has 1 fully saturated rings. The van der Waals surface area contributed by atoms with Gasteiger partial charge in [0, 0.05) is 18.1 Å². The molecular weight excluding hydrogens is 288 g/mol. The number of nitrogen functional groups attached to an aromatic ring is 1. The van der Waals surface area contributed by atoms with Crippen molar-refractivity contribution in [3.05, 3.63) is 23.2 Å². The molecular formula is C12H17ClN2O3S. The highest BCUT2D eigenvalue weighted by Crippen LogP contribution is 2.28. The van der Waals surface area contributed by atoms with E-state index >= 15 is 0 Å². The number of benzene rings is 1. The minimum atomic E-state index is -3.61. The van der Waals surface area contributed by atoms with E-state index in [1.807, 2.05) is 13.8 Å². The fourth-order valence-electron chi connectivity index (χ4n) is 2.07. The highest BCUT2D eigenvalue weighted by molar-refractivity contribution is 7.89. The van der Waals surface area contributed by atoms with E-state index in [0.717, 1.165) is 0 Å². The zero-order valence-electron chi connectivity index (χ0n) is 10.9. The summed E-state index contributed by atoms with van der Waals surface area (Å²) >= 11 is 5.79. The van der Waals surface area contributed by atoms with Crippen molar-refractivity contribution >= 4 is 27.3 Å². The van der Waals surface area contributed by atoms with E-state index in [-0.39, 0.29) is 10.6 Å². The second kappa shape index (κ2) is 4.94. The van der Waals surface area contributed by atoms with Gasteiger partial charge in [-0.3, -0.25) is 0 Å². The maximum absolute atomic E-state index is 12.6. The van der Waals surface area contributed by atoms with Gasteiger partial charge in [0.15, 0.2) is 0 Å². The Balaban J connectivity index is 2.37. The molecule has 0 amide bonds. The predicted octanol–water partition coefficient (Wildman–Crippen LogP) is 1.72. The van der Waals surface area contributed by atoms with Crippen LogP contribution in [0.2, 0.25) is 5.02 Å². The zero-order valence-corrected chi connectivity index (χ0v) is 12.5. The molecule has 0 aliphatic carbocycles. The standard InChI is InChI=1S/C12H17ClN2O3S/c1-12(2)8-15(5-6-18-12)19(16,17)11-4-3-9(13)7-10(11)14/h3-4,7H,5-6,8,14H2,1-2H3. The third-order valence-corrected chi connectivity index (χ3v) is 5.13. The molecule has 0 atom stereocenters. The Labute approximate surface area is 118 Å². The first-order valence-electron chi connectivity index (χ1n) is 5.91. The van der Waals surface area contributed by atoms with Crippen molar-refractivity contribution < 1.29 is 13.2 Å². The van der Waals surface area contributed by atoms with Gasteiger partial charge < -0.3 is 10.5 Å². The maximum Gasteiger partial charge on any atom is 0.245 e. The van der Waals surface area contributed by atoms with Crippen LogP contribution < -0.4 is 5.73 Å². The Bertz CT molecular complexity index is 587. The van der Waals surface area contributed by atoms with Crippen molar-refractivity contribution in [2.24, 2.45) is 0 Å². The Morgan fingerprint density at radius 3 is 2.68 bits per heavy atom. The van der Waals surface area contributed by atoms with E-state index in [4.69, 9.17) is 22.1 Å². The zero-order chi connectivity index (χ0) is 14.3. The average molecular weight is 305 g/mol. The van der Waals surface area contributed by atoms with Crippen LogP contribution >= 0.6 is 11.6 Å². The van der Waals surface area contributed by atoms with Crippen molar-refractivity contribution in [3.8, 4) is 0 Å². The van der Waals surface area contributed by atoms with Gasteiger partial charge in [0.2, 0.25) is 10.0 Å². The van der Waals surface area contributed by atoms with Gasteiger partial charge in [-0.25, -0.2) is 8.42 Å². The number of hydrogen-bond donors (Lipinski definition) is 1. The van der Waals surface area contributed by atoms with E-state index in [1.54, 1.807) is 0 Å². The van der Waals surface area contributed by atoms with Gasteiger partial charge in [-0.15, -0.1) is 0 Å². The summed E-state index contributed by atoms with van der Waals surface area (Å²) in [6, 6.07) is 4.41. The van der Waals surface area contributed by atoms with Gasteiger partial charge in [0.25, 0.3) is 0 Å². The quantitative estimate of drug-likeness (QED) is 0.844. The minimum absolute atomic E-state index is 0.0922. The number of ether oxygens (including phenoxy) is 1. The molecule has 0 radical (unpaired) electrons. The minimum Gasteiger partial charge on any atom is -0.398 e. The Hall–Kier alpha value is -0.820. The number of morpholine rings is 1. The monoisotopic (exact) mass is 304 g/mol. The Morgan fingerprint density at radius 2 is 2.11 bits per heavy atom. The summed E-state index contributed by atoms with van der Waals surface area (Å²) in [7, 11) is -3.61. The van der Waals surface area contributed by atoms with Crippen LogP contribution in [0.5, 0.6) is 0 Å². The summed E-state index contributed by atoms with van der Waals surface area (Å²) in [5.41, 5.74) is 5.43. The lowest BCUT2D eigenvalue weighted by Gasteiger charge is -2.37. The molecule has 0 spiro atoms. The maximum atomic E-state index is 12.6. The van der Waals surface area contributed by atoms with E-state index in [1.165, 1.54) is 22.5 Å². The molecule has 1 aliphatic heterocycles. The van der Waals surface area contributed by atoms with Crippen molar-refractivity contribution in [3.63, 3.8) is 0 Å². The van der Waals surface area contributed by atoms with Gasteiger partial charge >= 0.3 is 0 Å². The second-order valence-electron chi connectivity index (χ2n) is 5.13. The normalized spacial score (nSPS) is 20.4. The molecule has 1 aromatic rings. The average Bonchev–Trinajstić information content (AvgIpc) is 2.27. The SMILES string of the molecule is CC1(C)CN(S(=O)(=O)c2ccc(Cl)cc2N)CCO1. The van der Waals surface area contributed by atoms with Crippen LogP contribution in [0.1, 0.15) is 13.8 Å². The van der Waals surface area contributed by atoms with Crippen LogP contribution in [0, 0.1) is 0 Å². The van der Waals surface area contributed by atoms with Gasteiger partial charge in [-0.05, 0) is 32.0 Å². The van der Waals surface area contributed by atoms with Crippen LogP contribution in [0.25, 0.3) is 0 Å². The molecule has 1 heterocycles. The number of hydrogen-bond acceptors (Lipinski definition) is 4. The highest BCUT2D eigenvalue weighted by Gasteiger charge is 2.35. The molecule has 7 heteroatoms. The second-order valence-corrected chi connectivity index (χ2v) is 7.47. The molecule has 1 aromatic carbocycles. The molecule has 2 N–H and O–H groups in total. The topological polar surface area (TPSA) is 72.6 Å². The van der Waals surface area contributed by atoms with Crippen molar-refractivity contribution in [2.75, 3.05) is 25.4 Å². The molecule has 0 unspecified atom stereocenters. The fourth-order valence-corrected chi connectivity index (χ4v) is 3.92. The summed E-state index contributed by atoms with van der Waals surface area (Å²) in [6.07, 6.45) is 0. The van der Waals surface area contributed by atoms with Crippen molar-refractivity contribution in [2.45, 2.75) is 24.3 Å². The number of nitrogens with zero attached hydrogens (tertiary/aromatic N) is 1. The van der Waals surface area contributed by atoms with Gasteiger partial charge in [0.1, 0.15) is 4.90 Å². The molecule has 1 aliphatic rings. The van der Waals surface area contributed by atoms with Gasteiger partial charge in [0.05, 0.1) is 17.9 Å².